The maximum Gasteiger partial charge on any atom is 0.123 e. The van der Waals surface area contributed by atoms with Crippen LogP contribution in [0.3, 0.4) is 0 Å². The molecule has 4 nitrogen and oxygen atoms in total. The molecular weight excluding hydrogens is 483 g/mol. The molecule has 0 saturated carbocycles. The first kappa shape index (κ1) is 28.3. The summed E-state index contributed by atoms with van der Waals surface area (Å²) in [6, 6.07) is 14.7. The molecule has 0 amide bonds. The Balaban J connectivity index is 1.37. The van der Waals surface area contributed by atoms with Crippen LogP contribution < -0.4 is 0 Å². The molecule has 2 aliphatic heterocycles. The predicted molar refractivity (Wildman–Crippen MR) is 154 cm³/mol. The summed E-state index contributed by atoms with van der Waals surface area (Å²) < 4.78 is 13.3. The zero-order chi connectivity index (χ0) is 26.4. The van der Waals surface area contributed by atoms with Crippen molar-refractivity contribution in [2.75, 3.05) is 45.8 Å². The molecule has 2 atom stereocenters. The van der Waals surface area contributed by atoms with Gasteiger partial charge in [-0.1, -0.05) is 48.9 Å². The van der Waals surface area contributed by atoms with Crippen molar-refractivity contribution in [3.63, 3.8) is 0 Å². The Morgan fingerprint density at radius 1 is 0.946 bits per heavy atom. The van der Waals surface area contributed by atoms with E-state index in [1.54, 1.807) is 12.1 Å². The van der Waals surface area contributed by atoms with E-state index in [-0.39, 0.29) is 5.82 Å². The van der Waals surface area contributed by atoms with E-state index >= 15 is 0 Å². The molecule has 1 unspecified atom stereocenters. The second-order valence-electron chi connectivity index (χ2n) is 11.0. The molecule has 2 heterocycles. The van der Waals surface area contributed by atoms with Crippen LogP contribution in [0.4, 0.5) is 4.39 Å². The van der Waals surface area contributed by atoms with E-state index in [1.807, 2.05) is 18.2 Å². The van der Waals surface area contributed by atoms with Gasteiger partial charge in [0, 0.05) is 82.1 Å². The molecule has 2 aromatic rings. The van der Waals surface area contributed by atoms with Gasteiger partial charge in [-0.25, -0.2) is 4.39 Å². The van der Waals surface area contributed by atoms with E-state index in [9.17, 15) is 4.39 Å². The Morgan fingerprint density at radius 3 is 2.30 bits per heavy atom. The molecule has 0 N–H and O–H groups in total. The fraction of sp³-hybridized carbons (Fsp3) is 0.548. The highest BCUT2D eigenvalue weighted by molar-refractivity contribution is 6.30. The first-order valence-corrected chi connectivity index (χ1v) is 14.4. The van der Waals surface area contributed by atoms with Crippen LogP contribution in [-0.4, -0.2) is 83.5 Å². The third-order valence-electron chi connectivity index (χ3n) is 8.06. The largest absolute Gasteiger partial charge is 0.298 e. The van der Waals surface area contributed by atoms with Crippen LogP contribution in [0.1, 0.15) is 50.8 Å². The minimum Gasteiger partial charge on any atom is -0.298 e. The normalized spacial score (nSPS) is 21.8. The lowest BCUT2D eigenvalue weighted by Crippen LogP contribution is -2.54. The Labute approximate surface area is 228 Å². The number of hydrogen-bond acceptors (Lipinski definition) is 4. The summed E-state index contributed by atoms with van der Waals surface area (Å²) in [7, 11) is 0. The van der Waals surface area contributed by atoms with E-state index in [1.165, 1.54) is 16.7 Å². The molecule has 2 fully saturated rings. The minimum absolute atomic E-state index is 0.169. The molecule has 37 heavy (non-hydrogen) atoms. The van der Waals surface area contributed by atoms with Crippen LogP contribution >= 0.6 is 11.6 Å². The lowest BCUT2D eigenvalue weighted by molar-refractivity contribution is 0.0584. The monoisotopic (exact) mass is 526 g/mol. The number of rotatable bonds is 9. The molecule has 0 radical (unpaired) electrons. The summed E-state index contributed by atoms with van der Waals surface area (Å²) in [6.07, 6.45) is 5.80. The quantitative estimate of drug-likeness (QED) is 0.397. The Morgan fingerprint density at radius 2 is 1.65 bits per heavy atom. The lowest BCUT2D eigenvalue weighted by atomic mass is 10.0. The average molecular weight is 527 g/mol. The highest BCUT2D eigenvalue weighted by Crippen LogP contribution is 2.23. The number of benzene rings is 2. The molecular formula is C31H44ClFN4. The molecule has 0 aliphatic carbocycles. The summed E-state index contributed by atoms with van der Waals surface area (Å²) in [5, 5.41) is 0.811. The average Bonchev–Trinajstić information content (AvgIpc) is 2.88. The molecule has 2 saturated heterocycles. The third kappa shape index (κ3) is 7.87. The van der Waals surface area contributed by atoms with E-state index < -0.39 is 0 Å². The molecule has 0 spiro atoms. The fourth-order valence-corrected chi connectivity index (χ4v) is 5.97. The van der Waals surface area contributed by atoms with Crippen LogP contribution in [0.15, 0.2) is 48.5 Å². The summed E-state index contributed by atoms with van der Waals surface area (Å²) >= 11 is 6.43. The summed E-state index contributed by atoms with van der Waals surface area (Å²) in [5.74, 6) is -0.169. The van der Waals surface area contributed by atoms with Gasteiger partial charge in [0.15, 0.2) is 0 Å². The molecule has 2 aromatic carbocycles. The predicted octanol–water partition coefficient (Wildman–Crippen LogP) is 6.00. The van der Waals surface area contributed by atoms with Gasteiger partial charge in [0.2, 0.25) is 0 Å². The molecule has 202 valence electrons. The summed E-state index contributed by atoms with van der Waals surface area (Å²) in [6.45, 7) is 18.6. The van der Waals surface area contributed by atoms with Gasteiger partial charge in [0.1, 0.15) is 5.82 Å². The van der Waals surface area contributed by atoms with Crippen LogP contribution in [-0.2, 0) is 13.1 Å². The van der Waals surface area contributed by atoms with Crippen molar-refractivity contribution in [1.82, 2.24) is 19.6 Å². The van der Waals surface area contributed by atoms with Gasteiger partial charge in [-0.3, -0.25) is 19.6 Å². The topological polar surface area (TPSA) is 13.0 Å². The lowest BCUT2D eigenvalue weighted by Gasteiger charge is -2.43. The zero-order valence-electron chi connectivity index (χ0n) is 23.0. The van der Waals surface area contributed by atoms with Gasteiger partial charge in [-0.05, 0) is 68.1 Å². The van der Waals surface area contributed by atoms with Crippen molar-refractivity contribution in [3.05, 3.63) is 76.1 Å². The smallest absolute Gasteiger partial charge is 0.123 e. The Kier molecular flexibility index (Phi) is 10.2. The van der Waals surface area contributed by atoms with Crippen molar-refractivity contribution >= 4 is 17.7 Å². The van der Waals surface area contributed by atoms with Gasteiger partial charge < -0.3 is 0 Å². The second-order valence-corrected chi connectivity index (χ2v) is 11.5. The van der Waals surface area contributed by atoms with E-state index in [0.717, 1.165) is 70.3 Å². The van der Waals surface area contributed by atoms with Gasteiger partial charge in [-0.15, -0.1) is 0 Å². The maximum absolute atomic E-state index is 13.3. The highest BCUT2D eigenvalue weighted by atomic mass is 35.5. The second kappa shape index (κ2) is 13.3. The van der Waals surface area contributed by atoms with Crippen LogP contribution in [0.2, 0.25) is 5.02 Å². The van der Waals surface area contributed by atoms with Crippen molar-refractivity contribution in [3.8, 4) is 0 Å². The van der Waals surface area contributed by atoms with Crippen molar-refractivity contribution in [2.45, 2.75) is 65.3 Å². The molecule has 0 bridgehead atoms. The first-order chi connectivity index (χ1) is 17.8. The molecule has 2 aliphatic rings. The Hall–Kier alpha value is -1.76. The Bertz CT molecular complexity index is 1020. The van der Waals surface area contributed by atoms with Crippen molar-refractivity contribution in [2.24, 2.45) is 0 Å². The standard InChI is InChI=1S/C31H44ClFN4/c1-5-31(37-19-16-35(21-25(37)4)22-26-6-11-30(33)12-7-26)13-9-27-8-10-29(32)20-28(27)23-34-14-17-36(18-15-34)24(2)3/h6-13,20,24-25,31H,5,14-19,21-23H2,1-4H3/b13-9+/t25-,31?/m1/s1. The summed E-state index contributed by atoms with van der Waals surface area (Å²) in [5.41, 5.74) is 3.76. The zero-order valence-corrected chi connectivity index (χ0v) is 23.8. The van der Waals surface area contributed by atoms with E-state index in [0.29, 0.717) is 18.1 Å². The van der Waals surface area contributed by atoms with Gasteiger partial charge in [-0.2, -0.15) is 0 Å². The minimum atomic E-state index is -0.169. The number of piperazine rings is 2. The highest BCUT2D eigenvalue weighted by Gasteiger charge is 2.27. The fourth-order valence-electron chi connectivity index (χ4n) is 5.78. The van der Waals surface area contributed by atoms with Gasteiger partial charge in [0.25, 0.3) is 0 Å². The SMILES string of the molecule is CCC(/C=C/c1ccc(Cl)cc1CN1CCN(C(C)C)CC1)N1CCN(Cc2ccc(F)cc2)C[C@H]1C. The molecule has 6 heteroatoms. The van der Waals surface area contributed by atoms with Crippen molar-refractivity contribution < 1.29 is 4.39 Å². The number of halogens is 2. The van der Waals surface area contributed by atoms with Gasteiger partial charge in [0.05, 0.1) is 0 Å². The van der Waals surface area contributed by atoms with Crippen molar-refractivity contribution in [1.29, 1.82) is 0 Å². The number of nitrogens with zero attached hydrogens (tertiary/aromatic N) is 4. The van der Waals surface area contributed by atoms with Crippen LogP contribution in [0.5, 0.6) is 0 Å². The van der Waals surface area contributed by atoms with E-state index in [2.05, 4.69) is 71.6 Å². The third-order valence-corrected chi connectivity index (χ3v) is 8.30. The summed E-state index contributed by atoms with van der Waals surface area (Å²) in [4.78, 5) is 10.2. The molecule has 0 aromatic heterocycles. The maximum atomic E-state index is 13.3. The first-order valence-electron chi connectivity index (χ1n) is 14.0. The van der Waals surface area contributed by atoms with Crippen LogP contribution in [0, 0.1) is 5.82 Å². The number of hydrogen-bond donors (Lipinski definition) is 0. The van der Waals surface area contributed by atoms with Crippen LogP contribution in [0.25, 0.3) is 6.08 Å². The van der Waals surface area contributed by atoms with Gasteiger partial charge >= 0.3 is 0 Å². The van der Waals surface area contributed by atoms with E-state index in [4.69, 9.17) is 11.6 Å². The molecule has 4 rings (SSSR count).